The normalized spacial score (nSPS) is 10.4. The topological polar surface area (TPSA) is 90.1 Å². The third kappa shape index (κ3) is 4.02. The molecule has 0 spiro atoms. The number of aryl methyl sites for hydroxylation is 1. The van der Waals surface area contributed by atoms with E-state index in [2.05, 4.69) is 25.2 Å². The second-order valence-corrected chi connectivity index (χ2v) is 4.66. The number of rotatable bonds is 6. The van der Waals surface area contributed by atoms with Crippen LogP contribution < -0.4 is 5.32 Å². The van der Waals surface area contributed by atoms with Crippen molar-refractivity contribution >= 4 is 22.4 Å². The summed E-state index contributed by atoms with van der Waals surface area (Å²) in [5, 5.41) is 9.54. The molecule has 8 heteroatoms. The fourth-order valence-electron chi connectivity index (χ4n) is 1.41. The average Bonchev–Trinajstić information content (AvgIpc) is 2.99. The Morgan fingerprint density at radius 3 is 3.05 bits per heavy atom. The maximum Gasteiger partial charge on any atom is 0.311 e. The number of hydrogen-bond acceptors (Lipinski definition) is 8. The van der Waals surface area contributed by atoms with Crippen LogP contribution in [-0.4, -0.2) is 34.7 Å². The summed E-state index contributed by atoms with van der Waals surface area (Å²) in [6.45, 7) is 2.41. The minimum atomic E-state index is -0.292. The molecule has 0 aromatic carbocycles. The molecule has 0 amide bonds. The molecule has 102 valence electrons. The Morgan fingerprint density at radius 1 is 1.53 bits per heavy atom. The highest BCUT2D eigenvalue weighted by Gasteiger charge is 2.08. The molecule has 0 bridgehead atoms. The number of thiazole rings is 1. The molecule has 2 heterocycles. The molecule has 7 nitrogen and oxygen atoms in total. The van der Waals surface area contributed by atoms with Crippen molar-refractivity contribution < 1.29 is 14.1 Å². The molecule has 2 aromatic heterocycles. The lowest BCUT2D eigenvalue weighted by Gasteiger charge is -1.98. The summed E-state index contributed by atoms with van der Waals surface area (Å²) in [6.07, 6.45) is 0.849. The van der Waals surface area contributed by atoms with Gasteiger partial charge in [0.25, 0.3) is 0 Å². The van der Waals surface area contributed by atoms with E-state index in [9.17, 15) is 4.79 Å². The average molecular weight is 282 g/mol. The third-order valence-corrected chi connectivity index (χ3v) is 3.15. The number of methoxy groups -OCH3 is 1. The number of carbonyl (C=O) groups is 1. The van der Waals surface area contributed by atoms with E-state index in [1.165, 1.54) is 18.4 Å². The van der Waals surface area contributed by atoms with Gasteiger partial charge in [0, 0.05) is 25.3 Å². The highest BCUT2D eigenvalue weighted by Crippen LogP contribution is 2.15. The quantitative estimate of drug-likeness (QED) is 0.796. The molecule has 0 aliphatic carbocycles. The van der Waals surface area contributed by atoms with Gasteiger partial charge in [0.05, 0.1) is 19.2 Å². The van der Waals surface area contributed by atoms with Crippen LogP contribution >= 0.6 is 11.3 Å². The molecule has 0 radical (unpaired) electrons. The highest BCUT2D eigenvalue weighted by molar-refractivity contribution is 7.13. The van der Waals surface area contributed by atoms with E-state index in [-0.39, 0.29) is 12.4 Å². The Hall–Kier alpha value is -1.96. The zero-order valence-corrected chi connectivity index (χ0v) is 11.5. The molecule has 19 heavy (non-hydrogen) atoms. The van der Waals surface area contributed by atoms with Crippen LogP contribution in [0.2, 0.25) is 0 Å². The van der Waals surface area contributed by atoms with Crippen molar-refractivity contribution in [1.29, 1.82) is 0 Å². The van der Waals surface area contributed by atoms with Gasteiger partial charge in [0.1, 0.15) is 0 Å². The van der Waals surface area contributed by atoms with Gasteiger partial charge in [-0.25, -0.2) is 4.98 Å². The van der Waals surface area contributed by atoms with Gasteiger partial charge in [-0.15, -0.1) is 11.3 Å². The monoisotopic (exact) mass is 282 g/mol. The van der Waals surface area contributed by atoms with Gasteiger partial charge in [0.2, 0.25) is 5.89 Å². The fourth-order valence-corrected chi connectivity index (χ4v) is 2.15. The van der Waals surface area contributed by atoms with Gasteiger partial charge in [-0.2, -0.15) is 4.98 Å². The first-order valence-corrected chi connectivity index (χ1v) is 6.59. The third-order valence-electron chi connectivity index (χ3n) is 2.30. The zero-order valence-electron chi connectivity index (χ0n) is 10.7. The number of anilines is 1. The Labute approximate surface area is 114 Å². The molecular formula is C11H14N4O3S. The number of nitrogens with one attached hydrogen (secondary N) is 1. The summed E-state index contributed by atoms with van der Waals surface area (Å²) >= 11 is 1.45. The SMILES string of the molecule is COC(=O)Cc1csc(NCCc2noc(C)n2)n1. The van der Waals surface area contributed by atoms with Crippen LogP contribution in [-0.2, 0) is 22.4 Å². The maximum atomic E-state index is 11.1. The van der Waals surface area contributed by atoms with Crippen LogP contribution in [0.15, 0.2) is 9.90 Å². The summed E-state index contributed by atoms with van der Waals surface area (Å²) in [6, 6.07) is 0. The Kier molecular flexibility index (Phi) is 4.45. The fraction of sp³-hybridized carbons (Fsp3) is 0.455. The Morgan fingerprint density at radius 2 is 2.37 bits per heavy atom. The van der Waals surface area contributed by atoms with E-state index >= 15 is 0 Å². The second kappa shape index (κ2) is 6.28. The molecule has 0 fully saturated rings. The van der Waals surface area contributed by atoms with Crippen molar-refractivity contribution in [2.24, 2.45) is 0 Å². The van der Waals surface area contributed by atoms with Crippen molar-refractivity contribution in [1.82, 2.24) is 15.1 Å². The van der Waals surface area contributed by atoms with Crippen LogP contribution in [0.1, 0.15) is 17.4 Å². The lowest BCUT2D eigenvalue weighted by molar-refractivity contribution is -0.139. The number of nitrogens with zero attached hydrogens (tertiary/aromatic N) is 3. The van der Waals surface area contributed by atoms with Gasteiger partial charge < -0.3 is 14.6 Å². The zero-order chi connectivity index (χ0) is 13.7. The van der Waals surface area contributed by atoms with Gasteiger partial charge >= 0.3 is 5.97 Å². The van der Waals surface area contributed by atoms with E-state index in [1.807, 2.05) is 5.38 Å². The summed E-state index contributed by atoms with van der Waals surface area (Å²) in [5.74, 6) is 0.931. The molecular weight excluding hydrogens is 268 g/mol. The lowest BCUT2D eigenvalue weighted by Crippen LogP contribution is -2.07. The number of aromatic nitrogens is 3. The van der Waals surface area contributed by atoms with Crippen molar-refractivity contribution in [2.45, 2.75) is 19.8 Å². The molecule has 0 aliphatic rings. The summed E-state index contributed by atoms with van der Waals surface area (Å²) in [5.41, 5.74) is 0.703. The lowest BCUT2D eigenvalue weighted by atomic mass is 10.3. The highest BCUT2D eigenvalue weighted by atomic mass is 32.1. The van der Waals surface area contributed by atoms with E-state index in [0.717, 1.165) is 5.13 Å². The molecule has 0 saturated carbocycles. The predicted molar refractivity (Wildman–Crippen MR) is 69.1 cm³/mol. The Bertz CT molecular complexity index is 552. The number of carbonyl (C=O) groups excluding carboxylic acids is 1. The van der Waals surface area contributed by atoms with E-state index in [1.54, 1.807) is 6.92 Å². The molecule has 0 unspecified atom stereocenters. The van der Waals surface area contributed by atoms with Crippen LogP contribution in [0.25, 0.3) is 0 Å². The first-order valence-electron chi connectivity index (χ1n) is 5.71. The first kappa shape index (κ1) is 13.5. The predicted octanol–water partition coefficient (Wildman–Crippen LogP) is 1.20. The van der Waals surface area contributed by atoms with Crippen molar-refractivity contribution in [2.75, 3.05) is 19.0 Å². The Balaban J connectivity index is 1.78. The molecule has 1 N–H and O–H groups in total. The molecule has 2 rings (SSSR count). The first-order chi connectivity index (χ1) is 9.17. The number of ether oxygens (including phenoxy) is 1. The standard InChI is InChI=1S/C11H14N4O3S/c1-7-13-9(15-18-7)3-4-12-11-14-8(6-19-11)5-10(16)17-2/h6H,3-5H2,1-2H3,(H,12,14). The minimum absolute atomic E-state index is 0.193. The molecule has 2 aromatic rings. The van der Waals surface area contributed by atoms with Crippen molar-refractivity contribution in [3.8, 4) is 0 Å². The maximum absolute atomic E-state index is 11.1. The van der Waals surface area contributed by atoms with Gasteiger partial charge in [0.15, 0.2) is 11.0 Å². The van der Waals surface area contributed by atoms with Gasteiger partial charge in [-0.3, -0.25) is 4.79 Å². The number of hydrogen-bond donors (Lipinski definition) is 1. The van der Waals surface area contributed by atoms with E-state index in [0.29, 0.717) is 30.4 Å². The second-order valence-electron chi connectivity index (χ2n) is 3.80. The van der Waals surface area contributed by atoms with Crippen LogP contribution in [0, 0.1) is 6.92 Å². The van der Waals surface area contributed by atoms with Crippen LogP contribution in [0.3, 0.4) is 0 Å². The van der Waals surface area contributed by atoms with E-state index in [4.69, 9.17) is 4.52 Å². The van der Waals surface area contributed by atoms with Crippen LogP contribution in [0.4, 0.5) is 5.13 Å². The van der Waals surface area contributed by atoms with Gasteiger partial charge in [-0.1, -0.05) is 5.16 Å². The van der Waals surface area contributed by atoms with E-state index < -0.39 is 0 Å². The largest absolute Gasteiger partial charge is 0.469 e. The minimum Gasteiger partial charge on any atom is -0.469 e. The number of esters is 1. The molecule has 0 aliphatic heterocycles. The van der Waals surface area contributed by atoms with Crippen molar-refractivity contribution in [3.05, 3.63) is 22.8 Å². The summed E-state index contributed by atoms with van der Waals surface area (Å²) in [4.78, 5) is 19.5. The van der Waals surface area contributed by atoms with Gasteiger partial charge in [-0.05, 0) is 0 Å². The molecule has 0 saturated heterocycles. The summed E-state index contributed by atoms with van der Waals surface area (Å²) < 4.78 is 9.46. The van der Waals surface area contributed by atoms with Crippen molar-refractivity contribution in [3.63, 3.8) is 0 Å². The van der Waals surface area contributed by atoms with Crippen LogP contribution in [0.5, 0.6) is 0 Å². The smallest absolute Gasteiger partial charge is 0.311 e. The molecule has 0 atom stereocenters. The summed E-state index contributed by atoms with van der Waals surface area (Å²) in [7, 11) is 1.36.